The fourth-order valence-electron chi connectivity index (χ4n) is 3.18. The smallest absolute Gasteiger partial charge is 0.344 e. The molecule has 0 bridgehead atoms. The first-order chi connectivity index (χ1) is 14.2. The van der Waals surface area contributed by atoms with Gasteiger partial charge in [-0.3, -0.25) is 4.57 Å². The number of nitrogen functional groups attached to an aromatic ring is 1. The summed E-state index contributed by atoms with van der Waals surface area (Å²) in [5.74, 6) is -0.522. The van der Waals surface area contributed by atoms with E-state index in [4.69, 9.17) is 15.6 Å². The van der Waals surface area contributed by atoms with Gasteiger partial charge in [-0.15, -0.1) is 0 Å². The van der Waals surface area contributed by atoms with Crippen molar-refractivity contribution in [2.75, 3.05) is 5.73 Å². The van der Waals surface area contributed by atoms with Gasteiger partial charge in [0.1, 0.15) is 16.9 Å². The van der Waals surface area contributed by atoms with Crippen LogP contribution >= 0.6 is 0 Å². The molecule has 4 aromatic rings. The number of esters is 1. The lowest BCUT2D eigenvalue weighted by atomic mass is 10.2. The molecule has 154 valence electrons. The molecular formula is C20H19N5O4S. The summed E-state index contributed by atoms with van der Waals surface area (Å²) in [6.07, 6.45) is -0.349. The molecule has 9 nitrogen and oxygen atoms in total. The summed E-state index contributed by atoms with van der Waals surface area (Å²) < 4.78 is 30.0. The maximum Gasteiger partial charge on any atom is 0.344 e. The van der Waals surface area contributed by atoms with Crippen molar-refractivity contribution in [3.05, 3.63) is 54.1 Å². The second-order valence-electron chi connectivity index (χ2n) is 6.97. The minimum atomic E-state index is -3.85. The van der Waals surface area contributed by atoms with Crippen LogP contribution in [0, 0.1) is 0 Å². The van der Waals surface area contributed by atoms with Crippen LogP contribution in [0.15, 0.2) is 53.4 Å². The summed E-state index contributed by atoms with van der Waals surface area (Å²) in [5.41, 5.74) is 8.82. The van der Waals surface area contributed by atoms with E-state index in [1.54, 1.807) is 30.5 Å². The first-order valence-corrected chi connectivity index (χ1v) is 10.6. The van der Waals surface area contributed by atoms with Crippen molar-refractivity contribution in [1.82, 2.24) is 14.5 Å². The van der Waals surface area contributed by atoms with Crippen LogP contribution in [0.5, 0.6) is 0 Å². The third-order valence-electron chi connectivity index (χ3n) is 4.47. The Morgan fingerprint density at radius 2 is 1.63 bits per heavy atom. The van der Waals surface area contributed by atoms with Crippen molar-refractivity contribution in [3.63, 3.8) is 0 Å². The van der Waals surface area contributed by atoms with Gasteiger partial charge in [0.2, 0.25) is 10.0 Å². The molecule has 0 saturated heterocycles. The molecule has 30 heavy (non-hydrogen) atoms. The third-order valence-corrected chi connectivity index (χ3v) is 5.40. The molecule has 0 aliphatic rings. The van der Waals surface area contributed by atoms with Crippen LogP contribution in [0.2, 0.25) is 0 Å². The van der Waals surface area contributed by atoms with Crippen LogP contribution in [0.3, 0.4) is 0 Å². The molecule has 4 N–H and O–H groups in total. The first kappa shape index (κ1) is 19.8. The average molecular weight is 425 g/mol. The van der Waals surface area contributed by atoms with Crippen molar-refractivity contribution < 1.29 is 17.9 Å². The van der Waals surface area contributed by atoms with Gasteiger partial charge in [-0.2, -0.15) is 0 Å². The quantitative estimate of drug-likeness (QED) is 0.478. The number of nitrogens with two attached hydrogens (primary N) is 2. The highest BCUT2D eigenvalue weighted by atomic mass is 32.2. The number of anilines is 1. The Bertz CT molecular complexity index is 1390. The van der Waals surface area contributed by atoms with Crippen molar-refractivity contribution in [1.29, 1.82) is 0 Å². The number of benzene rings is 2. The number of sulfonamides is 1. The number of carbonyl (C=O) groups excluding carboxylic acids is 1. The molecule has 0 spiro atoms. The first-order valence-electron chi connectivity index (χ1n) is 9.07. The summed E-state index contributed by atoms with van der Waals surface area (Å²) in [7, 11) is -3.85. The number of para-hydroxylation sites is 2. The Morgan fingerprint density at radius 1 is 1.03 bits per heavy atom. The number of hydrogen-bond acceptors (Lipinski definition) is 7. The molecule has 0 aliphatic heterocycles. The highest BCUT2D eigenvalue weighted by Crippen LogP contribution is 2.32. The zero-order valence-corrected chi connectivity index (χ0v) is 17.1. The summed E-state index contributed by atoms with van der Waals surface area (Å²) in [6, 6.07) is 13.0. The highest BCUT2D eigenvalue weighted by molar-refractivity contribution is 7.89. The normalized spacial score (nSPS) is 12.0. The topological polar surface area (TPSA) is 143 Å². The average Bonchev–Trinajstić information content (AvgIpc) is 2.96. The number of rotatable bonds is 4. The zero-order chi connectivity index (χ0) is 21.6. The number of primary sulfonamides is 1. The van der Waals surface area contributed by atoms with Gasteiger partial charge in [0.05, 0.1) is 22.0 Å². The molecule has 10 heteroatoms. The molecule has 2 heterocycles. The summed E-state index contributed by atoms with van der Waals surface area (Å²) in [5, 5.41) is 5.18. The number of fused-ring (bicyclic) bond motifs is 2. The van der Waals surface area contributed by atoms with E-state index in [0.29, 0.717) is 27.9 Å². The maximum atomic E-state index is 12.8. The lowest BCUT2D eigenvalue weighted by Gasteiger charge is -2.09. The molecular weight excluding hydrogens is 406 g/mol. The van der Waals surface area contributed by atoms with Gasteiger partial charge in [0.15, 0.2) is 5.65 Å². The predicted octanol–water partition coefficient (Wildman–Crippen LogP) is 2.37. The Labute approximate surface area is 172 Å². The molecule has 0 radical (unpaired) electrons. The second-order valence-corrected chi connectivity index (χ2v) is 8.53. The van der Waals surface area contributed by atoms with Crippen LogP contribution in [0.25, 0.3) is 27.9 Å². The number of hydrogen-bond donors (Lipinski definition) is 2. The van der Waals surface area contributed by atoms with E-state index in [1.165, 1.54) is 24.3 Å². The molecule has 0 aliphatic carbocycles. The van der Waals surface area contributed by atoms with Gasteiger partial charge in [-0.1, -0.05) is 12.1 Å². The van der Waals surface area contributed by atoms with Crippen molar-refractivity contribution in [3.8, 4) is 5.69 Å². The van der Waals surface area contributed by atoms with E-state index in [0.717, 1.165) is 0 Å². The minimum Gasteiger partial charge on any atom is -0.459 e. The van der Waals surface area contributed by atoms with Gasteiger partial charge >= 0.3 is 5.97 Å². The third kappa shape index (κ3) is 3.36. The van der Waals surface area contributed by atoms with E-state index < -0.39 is 16.0 Å². The predicted molar refractivity (Wildman–Crippen MR) is 113 cm³/mol. The fraction of sp³-hybridized carbons (Fsp3) is 0.150. The molecule has 0 unspecified atom stereocenters. The van der Waals surface area contributed by atoms with Gasteiger partial charge < -0.3 is 10.5 Å². The van der Waals surface area contributed by atoms with Crippen LogP contribution in [0.4, 0.5) is 5.82 Å². The fourth-order valence-corrected chi connectivity index (χ4v) is 3.70. The number of aromatic nitrogens is 3. The molecule has 2 aromatic carbocycles. The summed E-state index contributed by atoms with van der Waals surface area (Å²) >= 11 is 0. The van der Waals surface area contributed by atoms with Gasteiger partial charge in [-0.05, 0) is 50.2 Å². The lowest BCUT2D eigenvalue weighted by molar-refractivity contribution is 0.0381. The minimum absolute atomic E-state index is 0.0442. The second kappa shape index (κ2) is 7.08. The molecule has 0 fully saturated rings. The SMILES string of the molecule is CC(C)OC(=O)c1c(N)n(-c2ccc(S(N)(=O)=O)cc2)c2nc3ccccc3nc12. The van der Waals surface area contributed by atoms with E-state index in [-0.39, 0.29) is 22.4 Å². The zero-order valence-electron chi connectivity index (χ0n) is 16.2. The monoisotopic (exact) mass is 425 g/mol. The standard InChI is InChI=1S/C20H19N5O4S/c1-11(2)29-20(26)16-17-19(24-15-6-4-3-5-14(15)23-17)25(18(16)21)12-7-9-13(10-8-12)30(22,27)28/h3-11H,21H2,1-2H3,(H2,22,27,28). The molecule has 4 rings (SSSR count). The number of nitrogens with zero attached hydrogens (tertiary/aromatic N) is 3. The molecule has 0 saturated carbocycles. The Morgan fingerprint density at radius 3 is 2.20 bits per heavy atom. The molecule has 0 atom stereocenters. The summed E-state index contributed by atoms with van der Waals surface area (Å²) in [6.45, 7) is 3.47. The van der Waals surface area contributed by atoms with Crippen molar-refractivity contribution in [2.45, 2.75) is 24.8 Å². The number of ether oxygens (including phenoxy) is 1. The summed E-state index contributed by atoms with van der Waals surface area (Å²) in [4.78, 5) is 22.0. The lowest BCUT2D eigenvalue weighted by Crippen LogP contribution is -2.14. The van der Waals surface area contributed by atoms with E-state index in [1.807, 2.05) is 12.1 Å². The number of carbonyl (C=O) groups is 1. The van der Waals surface area contributed by atoms with E-state index in [9.17, 15) is 13.2 Å². The van der Waals surface area contributed by atoms with Gasteiger partial charge in [-0.25, -0.2) is 28.3 Å². The molecule has 2 aromatic heterocycles. The van der Waals surface area contributed by atoms with Crippen LogP contribution in [-0.2, 0) is 14.8 Å². The highest BCUT2D eigenvalue weighted by Gasteiger charge is 2.26. The van der Waals surface area contributed by atoms with Crippen LogP contribution in [-0.4, -0.2) is 35.0 Å². The Kier molecular flexibility index (Phi) is 4.67. The van der Waals surface area contributed by atoms with Crippen molar-refractivity contribution in [2.24, 2.45) is 5.14 Å². The largest absolute Gasteiger partial charge is 0.459 e. The Hall–Kier alpha value is -3.50. The van der Waals surface area contributed by atoms with Crippen molar-refractivity contribution >= 4 is 44.0 Å². The Balaban J connectivity index is 2.02. The van der Waals surface area contributed by atoms with Gasteiger partial charge in [0.25, 0.3) is 0 Å². The molecule has 0 amide bonds. The van der Waals surface area contributed by atoms with Gasteiger partial charge in [0, 0.05) is 5.69 Å². The van der Waals surface area contributed by atoms with E-state index >= 15 is 0 Å². The van der Waals surface area contributed by atoms with Crippen LogP contribution in [0.1, 0.15) is 24.2 Å². The van der Waals surface area contributed by atoms with Crippen LogP contribution < -0.4 is 10.9 Å². The van der Waals surface area contributed by atoms with E-state index in [2.05, 4.69) is 9.97 Å². The maximum absolute atomic E-state index is 12.8.